The summed E-state index contributed by atoms with van der Waals surface area (Å²) in [6.07, 6.45) is -3.66. The number of carboxylic acid groups (broad SMARTS) is 2. The van der Waals surface area contributed by atoms with Crippen LogP contribution in [0.2, 0.25) is 0 Å². The Hall–Kier alpha value is -3.83. The van der Waals surface area contributed by atoms with Crippen LogP contribution in [0, 0.1) is 11.6 Å². The van der Waals surface area contributed by atoms with Crippen molar-refractivity contribution in [2.75, 3.05) is 44.8 Å². The number of fused-ring (bicyclic) bond motifs is 3. The Morgan fingerprint density at radius 2 is 1.66 bits per heavy atom. The summed E-state index contributed by atoms with van der Waals surface area (Å²) >= 11 is 0. The summed E-state index contributed by atoms with van der Waals surface area (Å²) in [5.74, 6) is -8.65. The van der Waals surface area contributed by atoms with Crippen LogP contribution in [0.4, 0.5) is 27.6 Å². The zero-order chi connectivity index (χ0) is 34.6. The molecule has 4 atom stereocenters. The molecule has 4 unspecified atom stereocenters. The minimum atomic E-state index is -3.44. The Balaban J connectivity index is 0.000000434. The Labute approximate surface area is 266 Å². The first kappa shape index (κ1) is 36.0. The van der Waals surface area contributed by atoms with Crippen molar-refractivity contribution in [2.24, 2.45) is 0 Å². The summed E-state index contributed by atoms with van der Waals surface area (Å²) in [6.45, 7) is 1.09. The van der Waals surface area contributed by atoms with Gasteiger partial charge in [0.15, 0.2) is 12.2 Å². The van der Waals surface area contributed by atoms with E-state index in [0.717, 1.165) is 16.5 Å². The first-order valence-electron chi connectivity index (χ1n) is 14.9. The van der Waals surface area contributed by atoms with Gasteiger partial charge in [-0.25, -0.2) is 27.2 Å². The highest BCUT2D eigenvalue weighted by atomic mass is 19.3. The molecule has 0 saturated carbocycles. The summed E-state index contributed by atoms with van der Waals surface area (Å²) in [5.41, 5.74) is 2.05. The zero-order valence-electron chi connectivity index (χ0n) is 25.3. The number of rotatable bonds is 12. The summed E-state index contributed by atoms with van der Waals surface area (Å²) in [4.78, 5) is 26.2. The molecule has 258 valence electrons. The molecule has 2 aromatic carbocycles. The van der Waals surface area contributed by atoms with Crippen LogP contribution in [0.5, 0.6) is 0 Å². The molecule has 0 radical (unpaired) electrons. The number of para-hydroxylation sites is 1. The number of aliphatic hydroxyl groups is 3. The molecule has 0 amide bonds. The molecular formula is C31H37F5N4O7. The molecule has 2 aliphatic rings. The number of aromatic nitrogens is 1. The van der Waals surface area contributed by atoms with Gasteiger partial charge in [0.2, 0.25) is 0 Å². The van der Waals surface area contributed by atoms with Crippen LogP contribution in [0.15, 0.2) is 36.4 Å². The molecule has 0 spiro atoms. The molecule has 7 N–H and O–H groups in total. The second-order valence-electron chi connectivity index (χ2n) is 11.8. The summed E-state index contributed by atoms with van der Waals surface area (Å²) in [5, 5.41) is 45.8. The number of aliphatic carboxylic acids is 2. The average Bonchev–Trinajstić information content (AvgIpc) is 3.36. The lowest BCUT2D eigenvalue weighted by molar-refractivity contribution is -0.165. The first-order chi connectivity index (χ1) is 22.2. The van der Waals surface area contributed by atoms with Crippen LogP contribution >= 0.6 is 0 Å². The average molecular weight is 673 g/mol. The molecule has 3 heterocycles. The summed E-state index contributed by atoms with van der Waals surface area (Å²) in [6, 6.07) is 8.25. The fourth-order valence-electron chi connectivity index (χ4n) is 5.94. The number of benzene rings is 2. The number of aromatic amines is 1. The van der Waals surface area contributed by atoms with Gasteiger partial charge < -0.3 is 35.8 Å². The highest BCUT2D eigenvalue weighted by molar-refractivity contribution is 5.85. The van der Waals surface area contributed by atoms with Crippen molar-refractivity contribution in [1.29, 1.82) is 0 Å². The molecule has 1 saturated heterocycles. The van der Waals surface area contributed by atoms with Crippen molar-refractivity contribution >= 4 is 28.5 Å². The molecule has 0 bridgehead atoms. The smallest absolute Gasteiger partial charge is 0.335 e. The Bertz CT molecular complexity index is 1530. The number of hydrogen-bond acceptors (Lipinski definition) is 8. The number of H-pyrrole nitrogens is 1. The van der Waals surface area contributed by atoms with Gasteiger partial charge in [-0.1, -0.05) is 18.2 Å². The number of nitrogens with zero attached hydrogens (tertiary/aromatic N) is 2. The third-order valence-corrected chi connectivity index (χ3v) is 8.26. The lowest BCUT2D eigenvalue weighted by atomic mass is 9.87. The van der Waals surface area contributed by atoms with E-state index in [-0.39, 0.29) is 24.0 Å². The molecule has 0 aliphatic carbocycles. The topological polar surface area (TPSA) is 170 Å². The maximum absolute atomic E-state index is 15.7. The lowest BCUT2D eigenvalue weighted by Gasteiger charge is -2.42. The third-order valence-electron chi connectivity index (χ3n) is 8.26. The molecule has 1 fully saturated rings. The fourth-order valence-corrected chi connectivity index (χ4v) is 5.94. The predicted molar refractivity (Wildman–Crippen MR) is 160 cm³/mol. The monoisotopic (exact) mass is 672 g/mol. The molecule has 1 aromatic heterocycles. The van der Waals surface area contributed by atoms with Crippen molar-refractivity contribution in [2.45, 2.75) is 56.0 Å². The quantitative estimate of drug-likeness (QED) is 0.142. The number of hydrogen-bond donors (Lipinski definition) is 7. The van der Waals surface area contributed by atoms with E-state index in [1.54, 1.807) is 6.92 Å². The van der Waals surface area contributed by atoms with E-state index in [1.165, 1.54) is 17.0 Å². The second-order valence-corrected chi connectivity index (χ2v) is 11.8. The van der Waals surface area contributed by atoms with Gasteiger partial charge in [0, 0.05) is 53.5 Å². The maximum atomic E-state index is 15.7. The SMILES string of the molecule is CC1Cc2c([nH]c3ccccc23)C(c2c(F)cc(NC3CN(CCCF)C3)cc2F)N1CC(F)(F)CO.O=C(O)C(O)C(O)C(=O)O. The van der Waals surface area contributed by atoms with Crippen molar-refractivity contribution in [3.8, 4) is 0 Å². The second kappa shape index (κ2) is 14.9. The van der Waals surface area contributed by atoms with Crippen molar-refractivity contribution in [1.82, 2.24) is 14.8 Å². The molecule has 16 heteroatoms. The Kier molecular flexibility index (Phi) is 11.4. The number of nitrogens with one attached hydrogen (secondary N) is 2. The van der Waals surface area contributed by atoms with Crippen LogP contribution in [-0.2, 0) is 16.0 Å². The van der Waals surface area contributed by atoms with E-state index < -0.39 is 66.9 Å². The number of carboxylic acids is 2. The van der Waals surface area contributed by atoms with Crippen LogP contribution in [-0.4, -0.2) is 122 Å². The van der Waals surface area contributed by atoms with Gasteiger partial charge in [-0.2, -0.15) is 0 Å². The number of likely N-dealkylation sites (tertiary alicyclic amines) is 1. The van der Waals surface area contributed by atoms with E-state index in [0.29, 0.717) is 38.2 Å². The molecule has 5 rings (SSSR count). The fraction of sp³-hybridized carbons (Fsp3) is 0.484. The maximum Gasteiger partial charge on any atom is 0.335 e. The standard InChI is InChI=1S/C27H31F5N4O.C4H6O6/c1-16-9-20-19-5-2-3-6-23(19)34-25(20)26(36(16)14-27(31,32)15-37)24-21(29)10-17(11-22(24)30)33-18-12-35(13-18)8-4-7-28;5-1(3(7)8)2(6)4(9)10/h2-3,5-6,10-11,16,18,26,33-34,37H,4,7-9,12-15H2,1H3;1-2,5-6H,(H,7,8)(H,9,10). The number of aliphatic hydroxyl groups excluding tert-OH is 3. The lowest BCUT2D eigenvalue weighted by Crippen LogP contribution is -2.54. The van der Waals surface area contributed by atoms with Crippen molar-refractivity contribution in [3.05, 3.63) is 64.9 Å². The highest BCUT2D eigenvalue weighted by Gasteiger charge is 2.43. The van der Waals surface area contributed by atoms with Gasteiger partial charge in [-0.15, -0.1) is 0 Å². The molecule has 2 aliphatic heterocycles. The molecular weight excluding hydrogens is 635 g/mol. The minimum absolute atomic E-state index is 0.0148. The van der Waals surface area contributed by atoms with E-state index >= 15 is 8.78 Å². The Morgan fingerprint density at radius 3 is 2.21 bits per heavy atom. The van der Waals surface area contributed by atoms with Gasteiger partial charge in [0.1, 0.15) is 18.2 Å². The normalized spacial score (nSPS) is 20.1. The molecule has 47 heavy (non-hydrogen) atoms. The van der Waals surface area contributed by atoms with Gasteiger partial charge >= 0.3 is 11.9 Å². The largest absolute Gasteiger partial charge is 0.479 e. The van der Waals surface area contributed by atoms with Gasteiger partial charge in [-0.05, 0) is 43.5 Å². The molecule has 11 nitrogen and oxygen atoms in total. The minimum Gasteiger partial charge on any atom is -0.479 e. The number of alkyl halides is 3. The van der Waals surface area contributed by atoms with E-state index in [1.807, 2.05) is 24.3 Å². The van der Waals surface area contributed by atoms with Crippen LogP contribution in [0.3, 0.4) is 0 Å². The predicted octanol–water partition coefficient (Wildman–Crippen LogP) is 2.74. The van der Waals surface area contributed by atoms with Crippen LogP contribution < -0.4 is 5.32 Å². The first-order valence-corrected chi connectivity index (χ1v) is 14.9. The zero-order valence-corrected chi connectivity index (χ0v) is 25.3. The van der Waals surface area contributed by atoms with Gasteiger partial charge in [-0.3, -0.25) is 14.2 Å². The summed E-state index contributed by atoms with van der Waals surface area (Å²) in [7, 11) is 0. The van der Waals surface area contributed by atoms with E-state index in [9.17, 15) is 27.9 Å². The highest BCUT2D eigenvalue weighted by Crippen LogP contribution is 2.43. The van der Waals surface area contributed by atoms with Crippen molar-refractivity contribution < 1.29 is 57.1 Å². The van der Waals surface area contributed by atoms with Crippen LogP contribution in [0.1, 0.15) is 36.2 Å². The van der Waals surface area contributed by atoms with Crippen molar-refractivity contribution in [3.63, 3.8) is 0 Å². The van der Waals surface area contributed by atoms with Gasteiger partial charge in [0.05, 0.1) is 25.3 Å². The van der Waals surface area contributed by atoms with E-state index in [2.05, 4.69) is 15.2 Å². The summed E-state index contributed by atoms with van der Waals surface area (Å²) < 4.78 is 72.5. The Morgan fingerprint density at radius 1 is 1.06 bits per heavy atom. The van der Waals surface area contributed by atoms with Crippen LogP contribution in [0.25, 0.3) is 10.9 Å². The number of anilines is 1. The number of carbonyl (C=O) groups is 2. The van der Waals surface area contributed by atoms with Gasteiger partial charge in [0.25, 0.3) is 5.92 Å². The van der Waals surface area contributed by atoms with E-state index in [4.69, 9.17) is 20.4 Å². The third kappa shape index (κ3) is 8.19. The number of halogens is 5. The molecule has 3 aromatic rings.